The van der Waals surface area contributed by atoms with Gasteiger partial charge >= 0.3 is 0 Å². The molecule has 19 heavy (non-hydrogen) atoms. The first-order valence-electron chi connectivity index (χ1n) is 5.96. The van der Waals surface area contributed by atoms with Gasteiger partial charge in [-0.25, -0.2) is 21.1 Å². The van der Waals surface area contributed by atoms with E-state index in [0.29, 0.717) is 26.1 Å². The average molecular weight is 315 g/mol. The minimum atomic E-state index is -3.68. The molecule has 0 aromatic heterocycles. The van der Waals surface area contributed by atoms with Gasteiger partial charge in [0.05, 0.1) is 17.1 Å². The van der Waals surface area contributed by atoms with Crippen LogP contribution in [0.4, 0.5) is 0 Å². The molecular formula is C10H21NO6S2. The van der Waals surface area contributed by atoms with Crippen LogP contribution in [0.25, 0.3) is 0 Å². The van der Waals surface area contributed by atoms with E-state index < -0.39 is 37.0 Å². The number of rotatable bonds is 6. The van der Waals surface area contributed by atoms with Gasteiger partial charge in [-0.05, 0) is 0 Å². The van der Waals surface area contributed by atoms with Crippen molar-refractivity contribution < 1.29 is 26.7 Å². The first-order chi connectivity index (χ1) is 8.54. The normalized spacial score (nSPS) is 20.6. The first-order valence-corrected chi connectivity index (χ1v) is 9.63. The van der Waals surface area contributed by atoms with Crippen molar-refractivity contribution in [3.05, 3.63) is 0 Å². The van der Waals surface area contributed by atoms with Gasteiger partial charge in [0.2, 0.25) is 10.0 Å². The smallest absolute Gasteiger partial charge is 0.214 e. The number of sulfone groups is 1. The molecule has 9 heteroatoms. The van der Waals surface area contributed by atoms with Gasteiger partial charge in [0.15, 0.2) is 0 Å². The number of likely N-dealkylation sites (N-methyl/N-ethyl adjacent to an activating group) is 1. The molecule has 1 heterocycles. The van der Waals surface area contributed by atoms with Crippen LogP contribution in [0.5, 0.6) is 0 Å². The molecular weight excluding hydrogens is 294 g/mol. The predicted molar refractivity (Wildman–Crippen MR) is 71.1 cm³/mol. The summed E-state index contributed by atoms with van der Waals surface area (Å²) in [6.45, 7) is 0.754. The maximum absolute atomic E-state index is 11.9. The Bertz CT molecular complexity index is 492. The summed E-state index contributed by atoms with van der Waals surface area (Å²) in [7, 11) is -5.65. The van der Waals surface area contributed by atoms with Crippen LogP contribution in [-0.2, 0) is 24.6 Å². The minimum Gasteiger partial charge on any atom is -0.388 e. The molecule has 114 valence electrons. The molecule has 1 aliphatic heterocycles. The van der Waals surface area contributed by atoms with Crippen LogP contribution in [0.15, 0.2) is 0 Å². The Morgan fingerprint density at radius 1 is 1.16 bits per heavy atom. The Kier molecular flexibility index (Phi) is 5.35. The third-order valence-corrected chi connectivity index (χ3v) is 6.13. The summed E-state index contributed by atoms with van der Waals surface area (Å²) in [5.74, 6) is -0.879. The number of ether oxygens (including phenoxy) is 1. The maximum Gasteiger partial charge on any atom is 0.214 e. The number of hydrogen-bond acceptors (Lipinski definition) is 6. The molecule has 0 saturated carbocycles. The minimum absolute atomic E-state index is 0.0392. The van der Waals surface area contributed by atoms with Gasteiger partial charge in [0, 0.05) is 45.9 Å². The highest BCUT2D eigenvalue weighted by atomic mass is 32.2. The Morgan fingerprint density at radius 2 is 1.68 bits per heavy atom. The molecule has 0 atom stereocenters. The summed E-state index contributed by atoms with van der Waals surface area (Å²) < 4.78 is 52.0. The fourth-order valence-corrected chi connectivity index (χ4v) is 4.64. The van der Waals surface area contributed by atoms with Crippen molar-refractivity contribution in [3.63, 3.8) is 0 Å². The van der Waals surface area contributed by atoms with Crippen molar-refractivity contribution in [2.45, 2.75) is 18.4 Å². The van der Waals surface area contributed by atoms with Gasteiger partial charge in [-0.1, -0.05) is 0 Å². The second-order valence-corrected chi connectivity index (χ2v) is 9.49. The van der Waals surface area contributed by atoms with Gasteiger partial charge < -0.3 is 9.84 Å². The van der Waals surface area contributed by atoms with Gasteiger partial charge in [-0.3, -0.25) is 0 Å². The van der Waals surface area contributed by atoms with Crippen molar-refractivity contribution >= 4 is 19.9 Å². The molecule has 1 N–H and O–H groups in total. The van der Waals surface area contributed by atoms with Crippen LogP contribution < -0.4 is 0 Å². The largest absolute Gasteiger partial charge is 0.388 e. The number of sulfonamides is 1. The van der Waals surface area contributed by atoms with Crippen molar-refractivity contribution in [2.75, 3.05) is 44.6 Å². The molecule has 0 unspecified atom stereocenters. The van der Waals surface area contributed by atoms with Crippen LogP contribution in [-0.4, -0.2) is 76.4 Å². The lowest BCUT2D eigenvalue weighted by Crippen LogP contribution is -2.48. The van der Waals surface area contributed by atoms with E-state index in [4.69, 9.17) is 4.74 Å². The molecule has 0 aromatic rings. The molecule has 0 radical (unpaired) electrons. The molecule has 1 rings (SSSR count). The Balaban J connectivity index is 2.63. The summed E-state index contributed by atoms with van der Waals surface area (Å²) in [6.07, 6.45) is 1.74. The Morgan fingerprint density at radius 3 is 2.16 bits per heavy atom. The van der Waals surface area contributed by atoms with Gasteiger partial charge in [0.1, 0.15) is 9.84 Å². The summed E-state index contributed by atoms with van der Waals surface area (Å²) in [5.41, 5.74) is -1.09. The lowest BCUT2D eigenvalue weighted by molar-refractivity contribution is -0.0689. The van der Waals surface area contributed by atoms with E-state index >= 15 is 0 Å². The van der Waals surface area contributed by atoms with Crippen molar-refractivity contribution in [2.24, 2.45) is 0 Å². The van der Waals surface area contributed by atoms with Crippen LogP contribution in [0.1, 0.15) is 12.8 Å². The Labute approximate surface area is 114 Å². The topological polar surface area (TPSA) is 101 Å². The quantitative estimate of drug-likeness (QED) is 0.663. The van der Waals surface area contributed by atoms with E-state index in [1.165, 1.54) is 7.05 Å². The van der Waals surface area contributed by atoms with Gasteiger partial charge in [-0.15, -0.1) is 0 Å². The fourth-order valence-electron chi connectivity index (χ4n) is 1.83. The van der Waals surface area contributed by atoms with E-state index in [-0.39, 0.29) is 6.54 Å². The molecule has 7 nitrogen and oxygen atoms in total. The lowest BCUT2D eigenvalue weighted by atomic mass is 9.95. The second-order valence-electron chi connectivity index (χ2n) is 5.04. The van der Waals surface area contributed by atoms with Crippen molar-refractivity contribution in [1.29, 1.82) is 0 Å². The average Bonchev–Trinajstić information content (AvgIpc) is 2.26. The fraction of sp³-hybridized carbons (Fsp3) is 1.00. The van der Waals surface area contributed by atoms with Crippen LogP contribution in [0.2, 0.25) is 0 Å². The summed E-state index contributed by atoms with van der Waals surface area (Å²) in [4.78, 5) is 0. The zero-order valence-electron chi connectivity index (χ0n) is 11.2. The van der Waals surface area contributed by atoms with E-state index in [1.54, 1.807) is 0 Å². The lowest BCUT2D eigenvalue weighted by Gasteiger charge is -2.34. The highest BCUT2D eigenvalue weighted by Gasteiger charge is 2.34. The standard InChI is InChI=1S/C10H21NO6S2/c1-11(9-10(12)3-5-17-6-4-10)19(15,16)8-7-18(2,13)14/h12H,3-9H2,1-2H3. The van der Waals surface area contributed by atoms with Crippen LogP contribution in [0, 0.1) is 0 Å². The van der Waals surface area contributed by atoms with Crippen LogP contribution in [0.3, 0.4) is 0 Å². The van der Waals surface area contributed by atoms with E-state index in [1.807, 2.05) is 0 Å². The molecule has 0 amide bonds. The molecule has 1 aliphatic rings. The van der Waals surface area contributed by atoms with Crippen molar-refractivity contribution in [3.8, 4) is 0 Å². The van der Waals surface area contributed by atoms with E-state index in [9.17, 15) is 21.9 Å². The zero-order valence-corrected chi connectivity index (χ0v) is 12.8. The van der Waals surface area contributed by atoms with Gasteiger partial charge in [0.25, 0.3) is 0 Å². The summed E-state index contributed by atoms with van der Waals surface area (Å²) in [5, 5.41) is 10.2. The third kappa shape index (κ3) is 5.74. The zero-order chi connectivity index (χ0) is 14.7. The molecule has 0 bridgehead atoms. The highest BCUT2D eigenvalue weighted by molar-refractivity contribution is 7.93. The number of hydrogen-bond donors (Lipinski definition) is 1. The van der Waals surface area contributed by atoms with Crippen LogP contribution >= 0.6 is 0 Å². The molecule has 1 fully saturated rings. The summed E-state index contributed by atoms with van der Waals surface area (Å²) in [6, 6.07) is 0. The SMILES string of the molecule is CN(CC1(O)CCOCC1)S(=O)(=O)CCS(C)(=O)=O. The second kappa shape index (κ2) is 6.04. The molecule has 0 spiro atoms. The molecule has 0 aromatic carbocycles. The van der Waals surface area contributed by atoms with E-state index in [0.717, 1.165) is 10.6 Å². The van der Waals surface area contributed by atoms with E-state index in [2.05, 4.69) is 0 Å². The monoisotopic (exact) mass is 315 g/mol. The number of aliphatic hydroxyl groups is 1. The highest BCUT2D eigenvalue weighted by Crippen LogP contribution is 2.22. The summed E-state index contributed by atoms with van der Waals surface area (Å²) >= 11 is 0. The van der Waals surface area contributed by atoms with Gasteiger partial charge in [-0.2, -0.15) is 0 Å². The Hall–Kier alpha value is -0.220. The predicted octanol–water partition coefficient (Wildman–Crippen LogP) is -1.17. The first kappa shape index (κ1) is 16.8. The molecule has 0 aliphatic carbocycles. The maximum atomic E-state index is 11.9. The van der Waals surface area contributed by atoms with Crippen molar-refractivity contribution in [1.82, 2.24) is 4.31 Å². The molecule has 1 saturated heterocycles. The third-order valence-electron chi connectivity index (χ3n) is 3.13. The number of nitrogens with zero attached hydrogens (tertiary/aromatic N) is 1.